The van der Waals surface area contributed by atoms with Crippen LogP contribution in [-0.4, -0.2) is 15.2 Å². The van der Waals surface area contributed by atoms with Crippen LogP contribution in [0.5, 0.6) is 5.75 Å². The average Bonchev–Trinajstić information content (AvgIpc) is 2.95. The molecule has 0 amide bonds. The van der Waals surface area contributed by atoms with E-state index in [9.17, 15) is 4.79 Å². The van der Waals surface area contributed by atoms with E-state index < -0.39 is 0 Å². The summed E-state index contributed by atoms with van der Waals surface area (Å²) in [6, 6.07) is 17.7. The van der Waals surface area contributed by atoms with Gasteiger partial charge in [-0.05, 0) is 46.9 Å². The average molecular weight is 355 g/mol. The van der Waals surface area contributed by atoms with Crippen LogP contribution in [0.4, 0.5) is 0 Å². The smallest absolute Gasteiger partial charge is 0.244 e. The zero-order chi connectivity index (χ0) is 16.8. The van der Waals surface area contributed by atoms with Crippen molar-refractivity contribution in [1.82, 2.24) is 0 Å². The van der Waals surface area contributed by atoms with E-state index in [1.54, 1.807) is 11.8 Å². The molecule has 1 heterocycles. The summed E-state index contributed by atoms with van der Waals surface area (Å²) in [5.41, 5.74) is 2.58. The summed E-state index contributed by atoms with van der Waals surface area (Å²) in [5, 5.41) is 0.00959. The molecular formula is C19H17NO2S2. The van der Waals surface area contributed by atoms with E-state index in [1.165, 1.54) is 11.8 Å². The number of hydrogen-bond donors (Lipinski definition) is 0. The Morgan fingerprint density at radius 1 is 1.12 bits per heavy atom. The number of nitrogens with zero attached hydrogens (tertiary/aromatic N) is 1. The van der Waals surface area contributed by atoms with Crippen molar-refractivity contribution in [1.29, 1.82) is 0 Å². The van der Waals surface area contributed by atoms with Crippen LogP contribution < -0.4 is 4.74 Å². The van der Waals surface area contributed by atoms with Crippen LogP contribution in [0.1, 0.15) is 18.1 Å². The Morgan fingerprint density at radius 2 is 1.88 bits per heavy atom. The number of thioether (sulfide) groups is 2. The van der Waals surface area contributed by atoms with Gasteiger partial charge >= 0.3 is 0 Å². The Hall–Kier alpha value is -1.98. The highest BCUT2D eigenvalue weighted by Gasteiger charge is 2.21. The largest absolute Gasteiger partial charge is 0.489 e. The molecule has 0 bridgehead atoms. The number of benzene rings is 2. The van der Waals surface area contributed by atoms with E-state index in [2.05, 4.69) is 4.99 Å². The van der Waals surface area contributed by atoms with E-state index in [-0.39, 0.29) is 5.12 Å². The highest BCUT2D eigenvalue weighted by molar-refractivity contribution is 8.45. The van der Waals surface area contributed by atoms with Gasteiger partial charge in [0.05, 0.1) is 0 Å². The normalized spacial score (nSPS) is 15.6. The first-order valence-electron chi connectivity index (χ1n) is 7.67. The Morgan fingerprint density at radius 3 is 2.58 bits per heavy atom. The van der Waals surface area contributed by atoms with Gasteiger partial charge in [-0.2, -0.15) is 0 Å². The van der Waals surface area contributed by atoms with Crippen molar-refractivity contribution in [2.24, 2.45) is 4.99 Å². The Bertz CT molecular complexity index is 768. The highest BCUT2D eigenvalue weighted by Crippen LogP contribution is 2.31. The van der Waals surface area contributed by atoms with Gasteiger partial charge in [0.1, 0.15) is 22.4 Å². The third-order valence-corrected chi connectivity index (χ3v) is 5.19. The van der Waals surface area contributed by atoms with Crippen LogP contribution in [0.25, 0.3) is 6.08 Å². The van der Waals surface area contributed by atoms with E-state index in [0.717, 1.165) is 27.0 Å². The van der Waals surface area contributed by atoms with E-state index in [0.29, 0.717) is 12.3 Å². The fourth-order valence-electron chi connectivity index (χ4n) is 2.13. The van der Waals surface area contributed by atoms with Crippen molar-refractivity contribution in [3.8, 4) is 5.75 Å². The molecule has 0 fully saturated rings. The van der Waals surface area contributed by atoms with E-state index in [1.807, 2.05) is 67.6 Å². The van der Waals surface area contributed by atoms with Crippen molar-refractivity contribution in [3.63, 3.8) is 0 Å². The SMILES string of the molecule is CCSC1=N/C(=C/c2ccc(OCc3ccccc3)cc2)C(=O)S1. The van der Waals surface area contributed by atoms with Gasteiger partial charge in [-0.15, -0.1) is 0 Å². The van der Waals surface area contributed by atoms with E-state index >= 15 is 0 Å². The van der Waals surface area contributed by atoms with Crippen molar-refractivity contribution in [3.05, 3.63) is 71.4 Å². The molecule has 0 radical (unpaired) electrons. The van der Waals surface area contributed by atoms with Crippen LogP contribution in [0.3, 0.4) is 0 Å². The molecule has 2 aromatic carbocycles. The van der Waals surface area contributed by atoms with Gasteiger partial charge in [0.15, 0.2) is 0 Å². The molecule has 24 heavy (non-hydrogen) atoms. The van der Waals surface area contributed by atoms with Crippen LogP contribution in [-0.2, 0) is 11.4 Å². The minimum atomic E-state index is 0.00959. The summed E-state index contributed by atoms with van der Waals surface area (Å²) < 4.78 is 6.59. The second-order valence-corrected chi connectivity index (χ2v) is 7.55. The van der Waals surface area contributed by atoms with Crippen molar-refractivity contribution in [2.45, 2.75) is 13.5 Å². The molecule has 0 aliphatic carbocycles. The molecule has 0 atom stereocenters. The van der Waals surface area contributed by atoms with Crippen molar-refractivity contribution >= 4 is 39.1 Å². The predicted octanol–water partition coefficient (Wildman–Crippen LogP) is 4.99. The maximum atomic E-state index is 11.9. The highest BCUT2D eigenvalue weighted by atomic mass is 32.2. The van der Waals surface area contributed by atoms with Gasteiger partial charge in [0.25, 0.3) is 0 Å². The molecule has 1 aliphatic rings. The lowest BCUT2D eigenvalue weighted by molar-refractivity contribution is -0.107. The molecule has 3 rings (SSSR count). The summed E-state index contributed by atoms with van der Waals surface area (Å²) in [7, 11) is 0. The molecule has 0 N–H and O–H groups in total. The van der Waals surface area contributed by atoms with Crippen LogP contribution >= 0.6 is 23.5 Å². The van der Waals surface area contributed by atoms with E-state index in [4.69, 9.17) is 4.74 Å². The lowest BCUT2D eigenvalue weighted by Crippen LogP contribution is -1.94. The number of carbonyl (C=O) groups is 1. The fraction of sp³-hybridized carbons (Fsp3) is 0.158. The summed E-state index contributed by atoms with van der Waals surface area (Å²) in [6.45, 7) is 2.59. The van der Waals surface area contributed by atoms with Crippen LogP contribution in [0.2, 0.25) is 0 Å². The molecule has 0 unspecified atom stereocenters. The maximum Gasteiger partial charge on any atom is 0.244 e. The summed E-state index contributed by atoms with van der Waals surface area (Å²) >= 11 is 2.80. The number of carbonyl (C=O) groups excluding carboxylic acids is 1. The Balaban J connectivity index is 1.64. The third kappa shape index (κ3) is 4.52. The van der Waals surface area contributed by atoms with Gasteiger partial charge in [-0.25, -0.2) is 4.99 Å². The summed E-state index contributed by atoms with van der Waals surface area (Å²) in [4.78, 5) is 16.3. The zero-order valence-electron chi connectivity index (χ0n) is 13.3. The van der Waals surface area contributed by atoms with Gasteiger partial charge in [0, 0.05) is 0 Å². The lowest BCUT2D eigenvalue weighted by atomic mass is 10.2. The first-order valence-corrected chi connectivity index (χ1v) is 9.47. The number of aliphatic imine (C=N–C) groups is 1. The molecular weight excluding hydrogens is 338 g/mol. The summed E-state index contributed by atoms with van der Waals surface area (Å²) in [6.07, 6.45) is 1.82. The maximum absolute atomic E-state index is 11.9. The standard InChI is InChI=1S/C19H17NO2S2/c1-2-23-19-20-17(18(21)24-19)12-14-8-10-16(11-9-14)22-13-15-6-4-3-5-7-15/h3-12H,2,13H2,1H3/b17-12+. The molecule has 2 aromatic rings. The zero-order valence-corrected chi connectivity index (χ0v) is 14.9. The molecule has 0 aromatic heterocycles. The minimum absolute atomic E-state index is 0.00959. The van der Waals surface area contributed by atoms with Gasteiger partial charge in [-0.1, -0.05) is 61.2 Å². The fourth-order valence-corrected chi connectivity index (χ4v) is 3.87. The van der Waals surface area contributed by atoms with Crippen molar-refractivity contribution < 1.29 is 9.53 Å². The molecule has 122 valence electrons. The molecule has 0 spiro atoms. The summed E-state index contributed by atoms with van der Waals surface area (Å²) in [5.74, 6) is 1.72. The topological polar surface area (TPSA) is 38.7 Å². The second kappa shape index (κ2) is 8.22. The predicted molar refractivity (Wildman–Crippen MR) is 103 cm³/mol. The molecule has 5 heteroatoms. The third-order valence-electron chi connectivity index (χ3n) is 3.30. The Labute approximate surface area is 150 Å². The van der Waals surface area contributed by atoms with Crippen LogP contribution in [0, 0.1) is 0 Å². The first-order chi connectivity index (χ1) is 11.7. The molecule has 1 aliphatic heterocycles. The number of hydrogen-bond acceptors (Lipinski definition) is 5. The van der Waals surface area contributed by atoms with Crippen LogP contribution in [0.15, 0.2) is 65.3 Å². The van der Waals surface area contributed by atoms with Gasteiger partial charge in [-0.3, -0.25) is 4.79 Å². The van der Waals surface area contributed by atoms with Crippen molar-refractivity contribution in [2.75, 3.05) is 5.75 Å². The second-order valence-electron chi connectivity index (χ2n) is 5.07. The lowest BCUT2D eigenvalue weighted by Gasteiger charge is -2.06. The minimum Gasteiger partial charge on any atom is -0.489 e. The molecule has 0 saturated heterocycles. The molecule has 3 nitrogen and oxygen atoms in total. The number of rotatable bonds is 5. The Kier molecular flexibility index (Phi) is 5.77. The molecule has 0 saturated carbocycles. The quantitative estimate of drug-likeness (QED) is 0.708. The monoisotopic (exact) mass is 355 g/mol. The van der Waals surface area contributed by atoms with Gasteiger partial charge in [0.2, 0.25) is 5.12 Å². The van der Waals surface area contributed by atoms with Gasteiger partial charge < -0.3 is 4.74 Å². The first kappa shape index (κ1) is 16.9. The number of ether oxygens (including phenoxy) is 1.